The highest BCUT2D eigenvalue weighted by Crippen LogP contribution is 2.32. The maximum Gasteiger partial charge on any atom is 0.209 e. The van der Waals surface area contributed by atoms with E-state index in [0.29, 0.717) is 29.7 Å². The number of pyridine rings is 1. The molecule has 1 aliphatic rings. The van der Waals surface area contributed by atoms with E-state index in [9.17, 15) is 4.79 Å². The number of aromatic nitrogens is 5. The monoisotopic (exact) mass is 488 g/mol. The molecule has 0 spiro atoms. The third-order valence-electron chi connectivity index (χ3n) is 6.30. The predicted molar refractivity (Wildman–Crippen MR) is 138 cm³/mol. The molecule has 0 radical (unpaired) electrons. The summed E-state index contributed by atoms with van der Waals surface area (Å²) in [5.74, 6) is 2.83. The SMILES string of the molecule is CC(=O)Cc1cc(Oc2ccc3nc(Nc4cc(C(C)(C)C)n([C@H]5CCOC5)n4)n(C)c3c2)ccn1. The van der Waals surface area contributed by atoms with Gasteiger partial charge in [-0.15, -0.1) is 0 Å². The standard InChI is InChI=1S/C27H32N6O3/c1-17(34)12-18-13-21(8-10-28-18)36-20-6-7-22-23(14-20)32(5)26(29-22)30-25-15-24(27(2,3)4)33(31-25)19-9-11-35-16-19/h6-8,10,13-15,19H,9,11-12,16H2,1-5H3,(H,29,30,31)/t19-/m0/s1. The van der Waals surface area contributed by atoms with Gasteiger partial charge < -0.3 is 19.4 Å². The quantitative estimate of drug-likeness (QED) is 0.387. The Morgan fingerprint density at radius 1 is 1.19 bits per heavy atom. The minimum atomic E-state index is -0.0502. The van der Waals surface area contributed by atoms with Crippen molar-refractivity contribution in [3.8, 4) is 11.5 Å². The minimum absolute atomic E-state index is 0.0502. The molecular formula is C27H32N6O3. The summed E-state index contributed by atoms with van der Waals surface area (Å²) in [6, 6.07) is 11.7. The van der Waals surface area contributed by atoms with E-state index in [2.05, 4.69) is 41.8 Å². The summed E-state index contributed by atoms with van der Waals surface area (Å²) in [7, 11) is 1.96. The number of fused-ring (bicyclic) bond motifs is 1. The second-order valence-electron chi connectivity index (χ2n) is 10.4. The van der Waals surface area contributed by atoms with Gasteiger partial charge in [0, 0.05) is 55.6 Å². The van der Waals surface area contributed by atoms with Crippen molar-refractivity contribution < 1.29 is 14.3 Å². The van der Waals surface area contributed by atoms with Crippen molar-refractivity contribution in [1.82, 2.24) is 24.3 Å². The number of rotatable bonds is 7. The number of nitrogens with zero attached hydrogens (tertiary/aromatic N) is 5. The molecule has 1 fully saturated rings. The molecule has 9 heteroatoms. The number of benzene rings is 1. The Morgan fingerprint density at radius 3 is 2.72 bits per heavy atom. The fraction of sp³-hybridized carbons (Fsp3) is 0.407. The Bertz CT molecular complexity index is 1410. The first-order chi connectivity index (χ1) is 17.2. The van der Waals surface area contributed by atoms with Crippen molar-refractivity contribution in [3.05, 3.63) is 54.0 Å². The number of hydrogen-bond donors (Lipinski definition) is 1. The van der Waals surface area contributed by atoms with E-state index in [0.717, 1.165) is 35.6 Å². The van der Waals surface area contributed by atoms with Gasteiger partial charge in [-0.3, -0.25) is 14.5 Å². The summed E-state index contributed by atoms with van der Waals surface area (Å²) in [5, 5.41) is 8.30. The van der Waals surface area contributed by atoms with Crippen LogP contribution in [0.15, 0.2) is 42.6 Å². The number of Topliss-reactive ketones (excluding diaryl/α,β-unsaturated/α-hetero) is 1. The van der Waals surface area contributed by atoms with Gasteiger partial charge in [-0.05, 0) is 31.5 Å². The molecular weight excluding hydrogens is 456 g/mol. The molecule has 4 aromatic rings. The summed E-state index contributed by atoms with van der Waals surface area (Å²) < 4.78 is 15.8. The molecule has 0 saturated carbocycles. The van der Waals surface area contributed by atoms with Crippen molar-refractivity contribution in [3.63, 3.8) is 0 Å². The lowest BCUT2D eigenvalue weighted by Gasteiger charge is -2.22. The average molecular weight is 489 g/mol. The van der Waals surface area contributed by atoms with E-state index in [-0.39, 0.29) is 23.7 Å². The van der Waals surface area contributed by atoms with Crippen LogP contribution >= 0.6 is 0 Å². The zero-order valence-corrected chi connectivity index (χ0v) is 21.4. The second-order valence-corrected chi connectivity index (χ2v) is 10.4. The van der Waals surface area contributed by atoms with Crippen LogP contribution < -0.4 is 10.1 Å². The van der Waals surface area contributed by atoms with E-state index in [1.54, 1.807) is 25.3 Å². The lowest BCUT2D eigenvalue weighted by atomic mass is 9.91. The van der Waals surface area contributed by atoms with Crippen LogP contribution in [0.4, 0.5) is 11.8 Å². The molecule has 4 heterocycles. The highest BCUT2D eigenvalue weighted by molar-refractivity contribution is 5.81. The van der Waals surface area contributed by atoms with Crippen molar-refractivity contribution in [1.29, 1.82) is 0 Å². The van der Waals surface area contributed by atoms with Gasteiger partial charge in [-0.1, -0.05) is 20.8 Å². The van der Waals surface area contributed by atoms with Crippen LogP contribution in [0, 0.1) is 0 Å². The molecule has 3 aromatic heterocycles. The van der Waals surface area contributed by atoms with Crippen LogP contribution in [-0.2, 0) is 28.4 Å². The van der Waals surface area contributed by atoms with Crippen molar-refractivity contribution in [2.24, 2.45) is 7.05 Å². The zero-order chi connectivity index (χ0) is 25.4. The first-order valence-electron chi connectivity index (χ1n) is 12.2. The Morgan fingerprint density at radius 2 is 2.00 bits per heavy atom. The van der Waals surface area contributed by atoms with E-state index in [1.165, 1.54) is 0 Å². The molecule has 0 bridgehead atoms. The topological polar surface area (TPSA) is 96.1 Å². The van der Waals surface area contributed by atoms with Gasteiger partial charge in [-0.2, -0.15) is 5.10 Å². The van der Waals surface area contributed by atoms with Crippen LogP contribution in [0.5, 0.6) is 11.5 Å². The first kappa shape index (κ1) is 24.0. The molecule has 5 rings (SSSR count). The van der Waals surface area contributed by atoms with Crippen molar-refractivity contribution in [2.45, 2.75) is 52.0 Å². The largest absolute Gasteiger partial charge is 0.457 e. The molecule has 36 heavy (non-hydrogen) atoms. The summed E-state index contributed by atoms with van der Waals surface area (Å²) in [6.45, 7) is 9.60. The molecule has 0 aliphatic carbocycles. The molecule has 1 aromatic carbocycles. The lowest BCUT2D eigenvalue weighted by Crippen LogP contribution is -2.22. The Kier molecular flexibility index (Phi) is 6.26. The number of nitrogens with one attached hydrogen (secondary N) is 1. The average Bonchev–Trinajstić information content (AvgIpc) is 3.54. The van der Waals surface area contributed by atoms with Gasteiger partial charge >= 0.3 is 0 Å². The number of anilines is 2. The molecule has 1 atom stereocenters. The Hall–Kier alpha value is -3.72. The Balaban J connectivity index is 1.40. The maximum atomic E-state index is 11.4. The predicted octanol–water partition coefficient (Wildman–Crippen LogP) is 5.09. The van der Waals surface area contributed by atoms with Gasteiger partial charge in [0.25, 0.3) is 0 Å². The highest BCUT2D eigenvalue weighted by Gasteiger charge is 2.28. The molecule has 0 unspecified atom stereocenters. The second kappa shape index (κ2) is 9.39. The summed E-state index contributed by atoms with van der Waals surface area (Å²) in [6.07, 6.45) is 2.90. The number of ether oxygens (including phenoxy) is 2. The fourth-order valence-electron chi connectivity index (χ4n) is 4.48. The number of ketones is 1. The molecule has 9 nitrogen and oxygen atoms in total. The summed E-state index contributed by atoms with van der Waals surface area (Å²) in [4.78, 5) is 20.4. The molecule has 1 saturated heterocycles. The third kappa shape index (κ3) is 4.97. The zero-order valence-electron chi connectivity index (χ0n) is 21.4. The number of aryl methyl sites for hydroxylation is 1. The summed E-state index contributed by atoms with van der Waals surface area (Å²) in [5.41, 5.74) is 3.57. The van der Waals surface area contributed by atoms with Crippen molar-refractivity contribution in [2.75, 3.05) is 18.5 Å². The smallest absolute Gasteiger partial charge is 0.209 e. The Labute approximate surface area is 210 Å². The third-order valence-corrected chi connectivity index (χ3v) is 6.30. The number of carbonyl (C=O) groups is 1. The molecule has 1 aliphatic heterocycles. The maximum absolute atomic E-state index is 11.4. The number of carbonyl (C=O) groups excluding carboxylic acids is 1. The first-order valence-corrected chi connectivity index (χ1v) is 12.2. The van der Waals surface area contributed by atoms with Crippen LogP contribution in [0.1, 0.15) is 51.5 Å². The molecule has 0 amide bonds. The van der Waals surface area contributed by atoms with Gasteiger partial charge in [-0.25, -0.2) is 4.98 Å². The van der Waals surface area contributed by atoms with Crippen LogP contribution in [0.2, 0.25) is 0 Å². The van der Waals surface area contributed by atoms with Crippen LogP contribution in [0.25, 0.3) is 11.0 Å². The van der Waals surface area contributed by atoms with Gasteiger partial charge in [0.15, 0.2) is 5.82 Å². The van der Waals surface area contributed by atoms with E-state index >= 15 is 0 Å². The minimum Gasteiger partial charge on any atom is -0.457 e. The summed E-state index contributed by atoms with van der Waals surface area (Å²) >= 11 is 0. The van der Waals surface area contributed by atoms with E-state index < -0.39 is 0 Å². The number of hydrogen-bond acceptors (Lipinski definition) is 7. The molecule has 1 N–H and O–H groups in total. The van der Waals surface area contributed by atoms with Crippen molar-refractivity contribution >= 4 is 28.6 Å². The van der Waals surface area contributed by atoms with E-state index in [1.807, 2.05) is 29.8 Å². The van der Waals surface area contributed by atoms with Crippen LogP contribution in [-0.4, -0.2) is 43.3 Å². The lowest BCUT2D eigenvalue weighted by molar-refractivity contribution is -0.116. The van der Waals surface area contributed by atoms with E-state index in [4.69, 9.17) is 19.6 Å². The highest BCUT2D eigenvalue weighted by atomic mass is 16.5. The van der Waals surface area contributed by atoms with Crippen LogP contribution in [0.3, 0.4) is 0 Å². The molecule has 188 valence electrons. The normalized spacial score (nSPS) is 16.0. The number of imidazole rings is 1. The van der Waals surface area contributed by atoms with Gasteiger partial charge in [0.05, 0.1) is 29.4 Å². The van der Waals surface area contributed by atoms with Gasteiger partial charge in [0.1, 0.15) is 17.3 Å². The fourth-order valence-corrected chi connectivity index (χ4v) is 4.48. The van der Waals surface area contributed by atoms with Gasteiger partial charge in [0.2, 0.25) is 5.95 Å².